The summed E-state index contributed by atoms with van der Waals surface area (Å²) >= 11 is 0. The smallest absolute Gasteiger partial charge is 0.0167 e. The Morgan fingerprint density at radius 2 is 0.267 bits per heavy atom. The monoisotopic (exact) mass is 1270 g/mol. The molecular weight excluding hydrogens is 1090 g/mol. The minimum absolute atomic E-state index is 0.243. The Hall–Kier alpha value is -0.200. The fraction of sp³-hybridized carbons (Fsp3) is 1.00. The number of hydrogen-bond acceptors (Lipinski definition) is 5. The molecule has 5 aliphatic heterocycles. The van der Waals surface area contributed by atoms with Gasteiger partial charge in [0.2, 0.25) is 0 Å². The van der Waals surface area contributed by atoms with Gasteiger partial charge in [0.05, 0.1) is 0 Å². The minimum Gasteiger partial charge on any atom is -0.292 e. The van der Waals surface area contributed by atoms with Crippen molar-refractivity contribution in [3.8, 4) is 0 Å². The van der Waals surface area contributed by atoms with Gasteiger partial charge in [-0.15, -0.1) is 0 Å². The molecule has 10 unspecified atom stereocenters. The summed E-state index contributed by atoms with van der Waals surface area (Å²) in [6.07, 6.45) is 20.5. The van der Waals surface area contributed by atoms with Crippen molar-refractivity contribution in [1.82, 2.24) is 24.5 Å². The van der Waals surface area contributed by atoms with Crippen LogP contribution in [0.3, 0.4) is 0 Å². The third-order valence-electron chi connectivity index (χ3n) is 22.0. The molecule has 0 aliphatic carbocycles. The topological polar surface area (TPSA) is 16.2 Å². The second kappa shape index (κ2) is 30.5. The first kappa shape index (κ1) is 87.8. The van der Waals surface area contributed by atoms with Gasteiger partial charge in [0, 0.05) is 88.1 Å². The van der Waals surface area contributed by atoms with E-state index in [1.54, 1.807) is 0 Å². The van der Waals surface area contributed by atoms with Crippen molar-refractivity contribution in [2.75, 3.05) is 0 Å². The van der Waals surface area contributed by atoms with Crippen LogP contribution >= 0.6 is 0 Å². The largest absolute Gasteiger partial charge is 0.292 e. The van der Waals surface area contributed by atoms with Gasteiger partial charge in [-0.2, -0.15) is 0 Å². The maximum atomic E-state index is 2.88. The highest BCUT2D eigenvalue weighted by molar-refractivity contribution is 5.08. The molecule has 0 saturated carbocycles. The van der Waals surface area contributed by atoms with Crippen LogP contribution in [0.15, 0.2) is 0 Å². The fourth-order valence-corrected chi connectivity index (χ4v) is 17.9. The lowest BCUT2D eigenvalue weighted by molar-refractivity contribution is -0.140. The lowest BCUT2D eigenvalue weighted by Gasteiger charge is -2.63. The molecule has 5 heteroatoms. The predicted octanol–water partition coefficient (Wildman–Crippen LogP) is 25.5. The minimum atomic E-state index is 0.243. The van der Waals surface area contributed by atoms with Crippen LogP contribution in [0.25, 0.3) is 0 Å². The first-order valence-corrected chi connectivity index (χ1v) is 38.2. The van der Waals surface area contributed by atoms with Crippen LogP contribution in [-0.2, 0) is 0 Å². The van der Waals surface area contributed by atoms with Crippen LogP contribution in [0.4, 0.5) is 0 Å². The molecule has 0 N–H and O–H groups in total. The Labute approximate surface area is 571 Å². The summed E-state index contributed by atoms with van der Waals surface area (Å²) in [7, 11) is 0. The molecule has 0 aromatic rings. The zero-order chi connectivity index (χ0) is 71.8. The summed E-state index contributed by atoms with van der Waals surface area (Å²) in [6.45, 7) is 108. The van der Waals surface area contributed by atoms with E-state index in [4.69, 9.17) is 0 Å². The normalized spacial score (nSPS) is 28.5. The molecule has 0 spiro atoms. The van der Waals surface area contributed by atoms with Gasteiger partial charge in [0.25, 0.3) is 0 Å². The van der Waals surface area contributed by atoms with Crippen molar-refractivity contribution in [3.05, 3.63) is 0 Å². The molecule has 540 valence electrons. The second-order valence-electron chi connectivity index (χ2n) is 46.4. The van der Waals surface area contributed by atoms with E-state index < -0.39 is 0 Å². The highest BCUT2D eigenvalue weighted by Crippen LogP contribution is 2.51. The van der Waals surface area contributed by atoms with Crippen LogP contribution in [0.5, 0.6) is 0 Å². The summed E-state index contributed by atoms with van der Waals surface area (Å²) < 4.78 is 0. The van der Waals surface area contributed by atoms with Crippen LogP contribution in [0.1, 0.15) is 408 Å². The van der Waals surface area contributed by atoms with E-state index in [-0.39, 0.29) is 27.7 Å². The van der Waals surface area contributed by atoms with E-state index in [1.165, 1.54) is 96.3 Å². The Balaban J connectivity index is 0.000000564. The van der Waals surface area contributed by atoms with Crippen LogP contribution in [0.2, 0.25) is 0 Å². The van der Waals surface area contributed by atoms with E-state index in [9.17, 15) is 0 Å². The molecule has 0 radical (unpaired) electrons. The van der Waals surface area contributed by atoms with Gasteiger partial charge in [-0.05, 0) is 216 Å². The van der Waals surface area contributed by atoms with Gasteiger partial charge >= 0.3 is 0 Å². The van der Waals surface area contributed by atoms with E-state index in [1.807, 2.05) is 0 Å². The first-order valence-electron chi connectivity index (χ1n) is 38.2. The number of nitrogens with zero attached hydrogens (tertiary/aromatic N) is 5. The quantitative estimate of drug-likeness (QED) is 0.240. The van der Waals surface area contributed by atoms with E-state index in [0.717, 1.165) is 12.1 Å². The molecule has 5 nitrogen and oxygen atoms in total. The number of piperidine rings is 1. The maximum absolute atomic E-state index is 2.88. The highest BCUT2D eigenvalue weighted by atomic mass is 15.3. The molecule has 5 rings (SSSR count). The van der Waals surface area contributed by atoms with Gasteiger partial charge < -0.3 is 0 Å². The van der Waals surface area contributed by atoms with Crippen LogP contribution in [0, 0.1) is 54.1 Å². The molecule has 0 aromatic heterocycles. The molecule has 0 aromatic carbocycles. The van der Waals surface area contributed by atoms with Gasteiger partial charge in [-0.1, -0.05) is 246 Å². The van der Waals surface area contributed by atoms with Gasteiger partial charge in [0.1, 0.15) is 0 Å². The Morgan fingerprint density at radius 1 is 0.144 bits per heavy atom. The van der Waals surface area contributed by atoms with Crippen molar-refractivity contribution in [1.29, 1.82) is 0 Å². The summed E-state index contributed by atoms with van der Waals surface area (Å²) in [5.74, 6) is 0. The molecule has 0 bridgehead atoms. The second-order valence-corrected chi connectivity index (χ2v) is 46.4. The van der Waals surface area contributed by atoms with Gasteiger partial charge in [-0.25, -0.2) is 0 Å². The third kappa shape index (κ3) is 25.9. The third-order valence-corrected chi connectivity index (χ3v) is 22.0. The van der Waals surface area contributed by atoms with Crippen LogP contribution in [-0.4, -0.2) is 113 Å². The summed E-state index contributed by atoms with van der Waals surface area (Å²) in [5.41, 5.74) is 5.05. The molecule has 90 heavy (non-hydrogen) atoms. The number of likely N-dealkylation sites (tertiary alicyclic amines) is 5. The molecule has 10 atom stereocenters. The molecule has 0 amide bonds. The van der Waals surface area contributed by atoms with E-state index >= 15 is 0 Å². The zero-order valence-electron chi connectivity index (χ0n) is 71.1. The average Bonchev–Trinajstić information content (AvgIpc) is 0.916. The van der Waals surface area contributed by atoms with Crippen molar-refractivity contribution >= 4 is 0 Å². The number of rotatable bonds is 0. The standard InChI is InChI=1S/C19H39N.C18H37N.C17H35N.C16H33N.C15H31N/c1-17(2,3)15-13-11-10-12-14-16(18(4,5)6)20(15)19(7,8)9;1-16(2,3)14-12-10-11-13-15(17(4,5)6)19(14)18(7,8)9;1-15(2,3)13-11-10-12-14(16(4,5)6)18(13)17(7,8)9;1-14(2,3)12-10-11-13(15(4,5)6)17(12)16(7,8)9;1-13(2,3)11-10-12(14(4,5)6)16(11)15(7,8)9/h15-16H,10-14H2,1-9H3;14-15H,10-13H2,1-9H3;13-14H,10-12H2,1-9H3;12-13H,10-11H2,1-9H3;11-12H,10H2,1-9H3. The fourth-order valence-electron chi connectivity index (χ4n) is 17.9. The Kier molecular flexibility index (Phi) is 29.8. The van der Waals surface area contributed by atoms with Crippen molar-refractivity contribution in [2.24, 2.45) is 54.1 Å². The molecule has 5 heterocycles. The maximum Gasteiger partial charge on any atom is 0.0167 e. The molecule has 5 fully saturated rings. The lowest BCUT2D eigenvalue weighted by Crippen LogP contribution is -2.70. The predicted molar refractivity (Wildman–Crippen MR) is 410 cm³/mol. The van der Waals surface area contributed by atoms with Crippen LogP contribution < -0.4 is 0 Å². The SMILES string of the molecule is CC(C)(C)C1CC(C(C)(C)C)N1C(C)(C)C.CC(C)(C)C1CCC(C(C)(C)C)N1C(C)(C)C.CC(C)(C)C1CCCC(C(C)(C)C)N1C(C)(C)C.CC(C)(C)C1CCCCC(C(C)(C)C)N1C(C)(C)C.CC(C)(C)C1CCCCCC(C(C)(C)C)N1C(C)(C)C. The zero-order valence-corrected chi connectivity index (χ0v) is 71.1. The van der Waals surface area contributed by atoms with E-state index in [2.05, 4.69) is 336 Å². The van der Waals surface area contributed by atoms with Crippen molar-refractivity contribution in [2.45, 2.75) is 496 Å². The summed E-state index contributed by atoms with van der Waals surface area (Å²) in [6, 6.07) is 7.07. The van der Waals surface area contributed by atoms with Gasteiger partial charge in [0.15, 0.2) is 0 Å². The first-order chi connectivity index (χ1) is 39.2. The lowest BCUT2D eigenvalue weighted by atomic mass is 9.66. The highest BCUT2D eigenvalue weighted by Gasteiger charge is 2.54. The van der Waals surface area contributed by atoms with Crippen molar-refractivity contribution < 1.29 is 0 Å². The Morgan fingerprint density at radius 3 is 0.411 bits per heavy atom. The molecular formula is C85H175N5. The summed E-state index contributed by atoms with van der Waals surface area (Å²) in [5, 5.41) is 0. The van der Waals surface area contributed by atoms with E-state index in [0.29, 0.717) is 102 Å². The van der Waals surface area contributed by atoms with Gasteiger partial charge in [-0.3, -0.25) is 24.5 Å². The molecule has 5 aliphatic rings. The number of hydrogen-bond donors (Lipinski definition) is 0. The molecule has 5 saturated heterocycles. The van der Waals surface area contributed by atoms with Crippen molar-refractivity contribution in [3.63, 3.8) is 0 Å². The summed E-state index contributed by atoms with van der Waals surface area (Å²) in [4.78, 5) is 14.1. The Bertz CT molecular complexity index is 1940. The average molecular weight is 1270 g/mol.